The highest BCUT2D eigenvalue weighted by Crippen LogP contribution is 2.66. The Hall–Kier alpha value is -0.640. The van der Waals surface area contributed by atoms with Crippen LogP contribution in [0.15, 0.2) is 22.8 Å². The Bertz CT molecular complexity index is 779. The summed E-state index contributed by atoms with van der Waals surface area (Å²) >= 11 is 0. The molecule has 3 nitrogen and oxygen atoms in total. The topological polar surface area (TPSA) is 60.7 Å². The second-order valence-corrected chi connectivity index (χ2v) is 12.9. The molecule has 0 unspecified atom stereocenters. The predicted octanol–water partition coefficient (Wildman–Crippen LogP) is 6.03. The van der Waals surface area contributed by atoms with Crippen molar-refractivity contribution in [2.45, 2.75) is 111 Å². The highest BCUT2D eigenvalue weighted by molar-refractivity contribution is 5.31. The SMILES string of the molecule is C/C(C[C@@H](C)[C@H](C)[C@@](C)(O)CO)=C1/CC[C@@H]2[C@@H]3CC=C4C[C@@H](O)CC[C@]4(C)[C@H]3CC[C@]12C. The van der Waals surface area contributed by atoms with Gasteiger partial charge in [0.2, 0.25) is 0 Å². The maximum atomic E-state index is 10.6. The lowest BCUT2D eigenvalue weighted by molar-refractivity contribution is -0.0572. The second-order valence-electron chi connectivity index (χ2n) is 12.9. The van der Waals surface area contributed by atoms with Gasteiger partial charge < -0.3 is 15.3 Å². The molecule has 32 heavy (non-hydrogen) atoms. The molecule has 0 aromatic carbocycles. The lowest BCUT2D eigenvalue weighted by atomic mass is 9.47. The molecule has 9 atom stereocenters. The van der Waals surface area contributed by atoms with Crippen molar-refractivity contribution in [1.29, 1.82) is 0 Å². The number of rotatable bonds is 5. The van der Waals surface area contributed by atoms with Gasteiger partial charge in [-0.3, -0.25) is 0 Å². The number of hydrogen-bond acceptors (Lipinski definition) is 3. The fourth-order valence-electron chi connectivity index (χ4n) is 8.70. The third-order valence-corrected chi connectivity index (χ3v) is 11.2. The van der Waals surface area contributed by atoms with E-state index in [0.29, 0.717) is 16.7 Å². The van der Waals surface area contributed by atoms with Crippen molar-refractivity contribution < 1.29 is 15.3 Å². The fraction of sp³-hybridized carbons (Fsp3) is 0.862. The monoisotopic (exact) mass is 444 g/mol. The van der Waals surface area contributed by atoms with E-state index in [1.807, 2.05) is 0 Å². The average Bonchev–Trinajstić information content (AvgIpc) is 3.10. The molecule has 0 bridgehead atoms. The molecule has 0 spiro atoms. The van der Waals surface area contributed by atoms with Crippen molar-refractivity contribution in [1.82, 2.24) is 0 Å². The fourth-order valence-corrected chi connectivity index (χ4v) is 8.70. The minimum absolute atomic E-state index is 0.0623. The molecule has 3 saturated carbocycles. The van der Waals surface area contributed by atoms with Gasteiger partial charge in [0.25, 0.3) is 0 Å². The van der Waals surface area contributed by atoms with Crippen LogP contribution in [0, 0.1) is 40.4 Å². The van der Waals surface area contributed by atoms with Gasteiger partial charge >= 0.3 is 0 Å². The van der Waals surface area contributed by atoms with Gasteiger partial charge in [0.1, 0.15) is 0 Å². The van der Waals surface area contributed by atoms with E-state index in [9.17, 15) is 15.3 Å². The van der Waals surface area contributed by atoms with Crippen molar-refractivity contribution in [2.75, 3.05) is 6.61 Å². The lowest BCUT2D eigenvalue weighted by Crippen LogP contribution is -2.49. The number of fused-ring (bicyclic) bond motifs is 5. The maximum Gasteiger partial charge on any atom is 0.0877 e. The zero-order valence-electron chi connectivity index (χ0n) is 21.5. The van der Waals surface area contributed by atoms with E-state index in [1.54, 1.807) is 23.6 Å². The summed E-state index contributed by atoms with van der Waals surface area (Å²) in [5.74, 6) is 2.76. The smallest absolute Gasteiger partial charge is 0.0877 e. The van der Waals surface area contributed by atoms with Crippen molar-refractivity contribution in [3.8, 4) is 0 Å². The molecule has 4 aliphatic carbocycles. The van der Waals surface area contributed by atoms with E-state index < -0.39 is 5.60 Å². The minimum atomic E-state index is -1.01. The molecule has 0 radical (unpaired) electrons. The summed E-state index contributed by atoms with van der Waals surface area (Å²) in [6.45, 7) is 13.3. The van der Waals surface area contributed by atoms with E-state index in [4.69, 9.17) is 0 Å². The molecule has 3 heteroatoms. The van der Waals surface area contributed by atoms with E-state index in [-0.39, 0.29) is 18.6 Å². The van der Waals surface area contributed by atoms with Gasteiger partial charge in [0, 0.05) is 0 Å². The van der Waals surface area contributed by atoms with Crippen molar-refractivity contribution in [3.63, 3.8) is 0 Å². The Morgan fingerprint density at radius 1 is 1.12 bits per heavy atom. The second kappa shape index (κ2) is 8.54. The molecule has 3 N–H and O–H groups in total. The predicted molar refractivity (Wildman–Crippen MR) is 131 cm³/mol. The first-order valence-electron chi connectivity index (χ1n) is 13.3. The van der Waals surface area contributed by atoms with E-state index in [2.05, 4.69) is 40.7 Å². The van der Waals surface area contributed by atoms with Gasteiger partial charge in [-0.25, -0.2) is 0 Å². The molecular formula is C29H48O3. The van der Waals surface area contributed by atoms with Gasteiger partial charge in [0.05, 0.1) is 18.3 Å². The van der Waals surface area contributed by atoms with Gasteiger partial charge in [-0.2, -0.15) is 0 Å². The van der Waals surface area contributed by atoms with Gasteiger partial charge in [-0.15, -0.1) is 0 Å². The number of allylic oxidation sites excluding steroid dienone is 3. The largest absolute Gasteiger partial charge is 0.393 e. The summed E-state index contributed by atoms with van der Waals surface area (Å²) < 4.78 is 0. The summed E-state index contributed by atoms with van der Waals surface area (Å²) in [6, 6.07) is 0. The summed E-state index contributed by atoms with van der Waals surface area (Å²) in [5, 5.41) is 30.4. The summed E-state index contributed by atoms with van der Waals surface area (Å²) in [5.41, 5.74) is 4.43. The molecule has 0 aliphatic heterocycles. The van der Waals surface area contributed by atoms with Crippen LogP contribution in [0.25, 0.3) is 0 Å². The maximum absolute atomic E-state index is 10.6. The standard InChI is InChI=1S/C29H48O3/c1-18(20(3)29(6,32)17-30)15-19(2)24-9-10-25-23-8-7-21-16-22(31)11-13-27(21,4)26(23)12-14-28(24,25)5/h7,18,20,22-23,25-26,30-32H,8-17H2,1-6H3/b24-19+/t18-,20+,22+,23+,25-,26+,27+,28-,29+/m1/s1. The first kappa shape index (κ1) is 24.5. The van der Waals surface area contributed by atoms with Gasteiger partial charge in [-0.05, 0) is 112 Å². The Morgan fingerprint density at radius 2 is 1.78 bits per heavy atom. The van der Waals surface area contributed by atoms with Gasteiger partial charge in [0.15, 0.2) is 0 Å². The van der Waals surface area contributed by atoms with Crippen molar-refractivity contribution in [2.24, 2.45) is 40.4 Å². The summed E-state index contributed by atoms with van der Waals surface area (Å²) in [7, 11) is 0. The molecule has 182 valence electrons. The zero-order chi connectivity index (χ0) is 23.5. The molecule has 4 aliphatic rings. The van der Waals surface area contributed by atoms with E-state index in [0.717, 1.165) is 43.4 Å². The summed E-state index contributed by atoms with van der Waals surface area (Å²) in [4.78, 5) is 0. The number of aliphatic hydroxyl groups is 3. The molecule has 0 heterocycles. The minimum Gasteiger partial charge on any atom is -0.393 e. The van der Waals surface area contributed by atoms with E-state index >= 15 is 0 Å². The normalized spacial score (nSPS) is 44.5. The average molecular weight is 445 g/mol. The van der Waals surface area contributed by atoms with E-state index in [1.165, 1.54) is 32.1 Å². The van der Waals surface area contributed by atoms with Crippen LogP contribution in [0.1, 0.15) is 99.3 Å². The molecule has 0 aromatic rings. The Balaban J connectivity index is 1.55. The van der Waals surface area contributed by atoms with Crippen molar-refractivity contribution >= 4 is 0 Å². The highest BCUT2D eigenvalue weighted by Gasteiger charge is 2.57. The number of aliphatic hydroxyl groups excluding tert-OH is 2. The third kappa shape index (κ3) is 3.85. The molecular weight excluding hydrogens is 396 g/mol. The Labute approximate surface area is 196 Å². The molecule has 0 aromatic heterocycles. The van der Waals surface area contributed by atoms with Crippen LogP contribution in [0.5, 0.6) is 0 Å². The zero-order valence-corrected chi connectivity index (χ0v) is 21.5. The number of hydrogen-bond donors (Lipinski definition) is 3. The molecule has 4 rings (SSSR count). The van der Waals surface area contributed by atoms with Crippen LogP contribution in [0.2, 0.25) is 0 Å². The van der Waals surface area contributed by atoms with Crippen LogP contribution in [-0.4, -0.2) is 33.6 Å². The third-order valence-electron chi connectivity index (χ3n) is 11.2. The van der Waals surface area contributed by atoms with Crippen molar-refractivity contribution in [3.05, 3.63) is 22.8 Å². The van der Waals surface area contributed by atoms with Crippen LogP contribution in [0.4, 0.5) is 0 Å². The first-order valence-corrected chi connectivity index (χ1v) is 13.3. The Morgan fingerprint density at radius 3 is 2.47 bits per heavy atom. The first-order chi connectivity index (χ1) is 14.9. The summed E-state index contributed by atoms with van der Waals surface area (Å²) in [6.07, 6.45) is 12.8. The highest BCUT2D eigenvalue weighted by atomic mass is 16.3. The quantitative estimate of drug-likeness (QED) is 0.454. The van der Waals surface area contributed by atoms with Crippen LogP contribution in [0.3, 0.4) is 0 Å². The van der Waals surface area contributed by atoms with Gasteiger partial charge in [-0.1, -0.05) is 50.5 Å². The van der Waals surface area contributed by atoms with Crippen LogP contribution >= 0.6 is 0 Å². The molecule has 0 amide bonds. The van der Waals surface area contributed by atoms with Crippen LogP contribution in [-0.2, 0) is 0 Å². The Kier molecular flexibility index (Phi) is 6.53. The molecule has 3 fully saturated rings. The lowest BCUT2D eigenvalue weighted by Gasteiger charge is -2.57. The van der Waals surface area contributed by atoms with Crippen LogP contribution < -0.4 is 0 Å². The molecule has 0 saturated heterocycles.